The molecule has 156 valence electrons. The van der Waals surface area contributed by atoms with Crippen LogP contribution in [-0.4, -0.2) is 56.4 Å². The lowest BCUT2D eigenvalue weighted by atomic mass is 10.0. The van der Waals surface area contributed by atoms with E-state index in [1.165, 1.54) is 39.9 Å². The molecule has 1 N–H and O–H groups in total. The van der Waals surface area contributed by atoms with Gasteiger partial charge in [0.05, 0.1) is 20.3 Å². The molecule has 1 aliphatic carbocycles. The minimum Gasteiger partial charge on any atom is -0.479 e. The van der Waals surface area contributed by atoms with Crippen molar-refractivity contribution in [2.24, 2.45) is 5.92 Å². The van der Waals surface area contributed by atoms with Crippen LogP contribution in [0.2, 0.25) is 0 Å². The van der Waals surface area contributed by atoms with Crippen LogP contribution < -0.4 is 19.7 Å². The van der Waals surface area contributed by atoms with Gasteiger partial charge >= 0.3 is 0 Å². The summed E-state index contributed by atoms with van der Waals surface area (Å²) in [6.45, 7) is 1.61. The molecule has 1 amide bonds. The number of methoxy groups -OCH3 is 3. The third kappa shape index (κ3) is 5.04. The van der Waals surface area contributed by atoms with E-state index in [4.69, 9.17) is 14.2 Å². The Kier molecular flexibility index (Phi) is 7.30. The molecule has 1 aliphatic heterocycles. The molecule has 0 spiro atoms. The van der Waals surface area contributed by atoms with Gasteiger partial charge in [-0.25, -0.2) is 0 Å². The molecule has 0 aromatic carbocycles. The first-order chi connectivity index (χ1) is 13.6. The molecule has 28 heavy (non-hydrogen) atoms. The molecule has 2 aliphatic rings. The van der Waals surface area contributed by atoms with Gasteiger partial charge in [-0.05, 0) is 25.2 Å². The number of hydrogen-bond acceptors (Lipinski definition) is 7. The van der Waals surface area contributed by atoms with Crippen LogP contribution in [0.4, 0.5) is 11.6 Å². The highest BCUT2D eigenvalue weighted by Crippen LogP contribution is 2.35. The van der Waals surface area contributed by atoms with E-state index >= 15 is 0 Å². The normalized spacial score (nSPS) is 18.3. The van der Waals surface area contributed by atoms with E-state index in [1.807, 2.05) is 0 Å². The molecule has 0 radical (unpaired) electrons. The fourth-order valence-electron chi connectivity index (χ4n) is 4.08. The second-order valence-corrected chi connectivity index (χ2v) is 7.58. The molecular formula is C20H32N4O4. The molecule has 2 fully saturated rings. The highest BCUT2D eigenvalue weighted by atomic mass is 16.5. The average Bonchev–Trinajstić information content (AvgIpc) is 3.26. The predicted octanol–water partition coefficient (Wildman–Crippen LogP) is 3.02. The maximum atomic E-state index is 12.5. The highest BCUT2D eigenvalue weighted by molar-refractivity contribution is 5.93. The minimum atomic E-state index is -0.0549. The number of amides is 1. The molecule has 2 heterocycles. The molecule has 0 bridgehead atoms. The molecule has 1 saturated heterocycles. The zero-order valence-electron chi connectivity index (χ0n) is 17.2. The van der Waals surface area contributed by atoms with Crippen LogP contribution in [0.25, 0.3) is 0 Å². The van der Waals surface area contributed by atoms with Crippen LogP contribution in [0.15, 0.2) is 0 Å². The highest BCUT2D eigenvalue weighted by Gasteiger charge is 2.25. The zero-order valence-corrected chi connectivity index (χ0v) is 17.2. The van der Waals surface area contributed by atoms with Crippen molar-refractivity contribution in [2.75, 3.05) is 44.6 Å². The number of carbonyl (C=O) groups excluding carboxylic acids is 1. The Labute approximate surface area is 167 Å². The number of hydrogen-bond donors (Lipinski definition) is 1. The lowest BCUT2D eigenvalue weighted by Gasteiger charge is -2.31. The van der Waals surface area contributed by atoms with Gasteiger partial charge in [-0.2, -0.15) is 9.97 Å². The number of aromatic nitrogens is 2. The summed E-state index contributed by atoms with van der Waals surface area (Å²) >= 11 is 0. The molecule has 3 rings (SSSR count). The van der Waals surface area contributed by atoms with Gasteiger partial charge in [0.1, 0.15) is 0 Å². The number of anilines is 2. The standard InChI is InChI=1S/C20H32N4O4/c1-26-15-10-12-24(13-11-15)20-22-18(27-2)17(19(23-20)28-3)21-16(25)9-8-14-6-4-5-7-14/h14-15H,4-13H2,1-3H3,(H,21,25). The van der Waals surface area contributed by atoms with Crippen molar-refractivity contribution < 1.29 is 19.0 Å². The van der Waals surface area contributed by atoms with E-state index in [0.717, 1.165) is 32.4 Å². The van der Waals surface area contributed by atoms with Crippen molar-refractivity contribution in [3.63, 3.8) is 0 Å². The van der Waals surface area contributed by atoms with Crippen molar-refractivity contribution >= 4 is 17.5 Å². The third-order valence-electron chi connectivity index (χ3n) is 5.79. The summed E-state index contributed by atoms with van der Waals surface area (Å²) in [7, 11) is 4.82. The Bertz CT molecular complexity index is 631. The SMILES string of the molecule is COc1nc(N2CCC(OC)CC2)nc(OC)c1NC(=O)CCC1CCCC1. The molecule has 8 heteroatoms. The molecule has 1 aromatic heterocycles. The molecule has 1 saturated carbocycles. The van der Waals surface area contributed by atoms with Crippen LogP contribution >= 0.6 is 0 Å². The Balaban J connectivity index is 1.69. The van der Waals surface area contributed by atoms with Crippen molar-refractivity contribution in [1.82, 2.24) is 9.97 Å². The Morgan fingerprint density at radius 2 is 1.64 bits per heavy atom. The summed E-state index contributed by atoms with van der Waals surface area (Å²) in [5.74, 6) is 1.81. The van der Waals surface area contributed by atoms with Gasteiger partial charge in [-0.15, -0.1) is 0 Å². The minimum absolute atomic E-state index is 0.0549. The molecule has 8 nitrogen and oxygen atoms in total. The van der Waals surface area contributed by atoms with Crippen LogP contribution in [0.1, 0.15) is 51.4 Å². The number of nitrogens with zero attached hydrogens (tertiary/aromatic N) is 3. The monoisotopic (exact) mass is 392 g/mol. The Morgan fingerprint density at radius 1 is 1.04 bits per heavy atom. The van der Waals surface area contributed by atoms with Crippen LogP contribution in [0, 0.1) is 5.92 Å². The summed E-state index contributed by atoms with van der Waals surface area (Å²) in [4.78, 5) is 23.6. The number of rotatable bonds is 8. The van der Waals surface area contributed by atoms with Crippen LogP contribution in [-0.2, 0) is 9.53 Å². The number of nitrogens with one attached hydrogen (secondary N) is 1. The first-order valence-electron chi connectivity index (χ1n) is 10.2. The van der Waals surface area contributed by atoms with Crippen molar-refractivity contribution in [3.05, 3.63) is 0 Å². The van der Waals surface area contributed by atoms with Gasteiger partial charge in [0, 0.05) is 26.6 Å². The fourth-order valence-corrected chi connectivity index (χ4v) is 4.08. The topological polar surface area (TPSA) is 85.8 Å². The summed E-state index contributed by atoms with van der Waals surface area (Å²) in [6.07, 6.45) is 8.56. The molecule has 1 aromatic rings. The summed E-state index contributed by atoms with van der Waals surface area (Å²) in [5.41, 5.74) is 0.400. The van der Waals surface area contributed by atoms with Crippen molar-refractivity contribution in [3.8, 4) is 11.8 Å². The van der Waals surface area contributed by atoms with Crippen LogP contribution in [0.5, 0.6) is 11.8 Å². The lowest BCUT2D eigenvalue weighted by Crippen LogP contribution is -2.37. The smallest absolute Gasteiger partial charge is 0.246 e. The second-order valence-electron chi connectivity index (χ2n) is 7.58. The summed E-state index contributed by atoms with van der Waals surface area (Å²) in [5, 5.41) is 2.90. The van der Waals surface area contributed by atoms with Gasteiger partial charge in [0.2, 0.25) is 23.6 Å². The fraction of sp³-hybridized carbons (Fsp3) is 0.750. The molecular weight excluding hydrogens is 360 g/mol. The Hall–Kier alpha value is -2.09. The van der Waals surface area contributed by atoms with Gasteiger partial charge < -0.3 is 24.4 Å². The van der Waals surface area contributed by atoms with Gasteiger partial charge in [0.25, 0.3) is 0 Å². The number of carbonyl (C=O) groups is 1. The second kappa shape index (κ2) is 9.91. The third-order valence-corrected chi connectivity index (χ3v) is 5.79. The number of piperidine rings is 1. The lowest BCUT2D eigenvalue weighted by molar-refractivity contribution is -0.116. The maximum absolute atomic E-state index is 12.5. The van der Waals surface area contributed by atoms with Gasteiger partial charge in [-0.3, -0.25) is 4.79 Å². The first kappa shape index (κ1) is 20.6. The Morgan fingerprint density at radius 3 is 2.18 bits per heavy atom. The predicted molar refractivity (Wildman–Crippen MR) is 107 cm³/mol. The van der Waals surface area contributed by atoms with E-state index in [2.05, 4.69) is 20.2 Å². The van der Waals surface area contributed by atoms with E-state index < -0.39 is 0 Å². The van der Waals surface area contributed by atoms with Crippen molar-refractivity contribution in [2.45, 2.75) is 57.5 Å². The van der Waals surface area contributed by atoms with E-state index in [1.54, 1.807) is 7.11 Å². The maximum Gasteiger partial charge on any atom is 0.246 e. The zero-order chi connectivity index (χ0) is 19.9. The van der Waals surface area contributed by atoms with E-state index in [-0.39, 0.29) is 12.0 Å². The molecule has 0 unspecified atom stereocenters. The summed E-state index contributed by atoms with van der Waals surface area (Å²) < 4.78 is 16.3. The quantitative estimate of drug-likeness (QED) is 0.728. The largest absolute Gasteiger partial charge is 0.479 e. The van der Waals surface area contributed by atoms with Crippen LogP contribution in [0.3, 0.4) is 0 Å². The van der Waals surface area contributed by atoms with Crippen molar-refractivity contribution in [1.29, 1.82) is 0 Å². The molecule has 0 atom stereocenters. The van der Waals surface area contributed by atoms with Gasteiger partial charge in [-0.1, -0.05) is 25.7 Å². The number of ether oxygens (including phenoxy) is 3. The summed E-state index contributed by atoms with van der Waals surface area (Å²) in [6, 6.07) is 0. The van der Waals surface area contributed by atoms with Gasteiger partial charge in [0.15, 0.2) is 5.69 Å². The van der Waals surface area contributed by atoms with E-state index in [0.29, 0.717) is 35.7 Å². The van der Waals surface area contributed by atoms with E-state index in [9.17, 15) is 4.79 Å². The first-order valence-corrected chi connectivity index (χ1v) is 10.2. The average molecular weight is 393 g/mol.